The van der Waals surface area contributed by atoms with Gasteiger partial charge in [0.1, 0.15) is 5.82 Å². The van der Waals surface area contributed by atoms with Crippen molar-refractivity contribution in [1.29, 1.82) is 0 Å². The molecule has 0 radical (unpaired) electrons. The van der Waals surface area contributed by atoms with Crippen LogP contribution in [0.25, 0.3) is 10.8 Å². The molecule has 1 aromatic heterocycles. The predicted octanol–water partition coefficient (Wildman–Crippen LogP) is 8.87. The van der Waals surface area contributed by atoms with Crippen LogP contribution in [0.3, 0.4) is 0 Å². The summed E-state index contributed by atoms with van der Waals surface area (Å²) in [5, 5.41) is 4.17. The number of nitrogens with one attached hydrogen (secondary N) is 3. The molecule has 60 heavy (non-hydrogen) atoms. The van der Waals surface area contributed by atoms with Crippen molar-refractivity contribution < 1.29 is 40.4 Å². The third-order valence-corrected chi connectivity index (χ3v) is 12.1. The van der Waals surface area contributed by atoms with Crippen LogP contribution in [0.5, 0.6) is 0 Å². The molecule has 3 aromatic rings. The molecule has 0 spiro atoms. The molecule has 3 atom stereocenters. The Kier molecular flexibility index (Phi) is 23.2. The van der Waals surface area contributed by atoms with Crippen LogP contribution < -0.4 is 21.3 Å². The molecule has 1 aliphatic heterocycles. The Bertz CT molecular complexity index is 1980. The van der Waals surface area contributed by atoms with Crippen molar-refractivity contribution in [3.8, 4) is 0 Å². The molecule has 3 fully saturated rings. The first-order valence-electron chi connectivity index (χ1n) is 20.2. The lowest BCUT2D eigenvalue weighted by molar-refractivity contribution is -0.137. The Balaban J connectivity index is 0.000000388. The molecule has 2 heterocycles. The molecule has 0 bridgehead atoms. The highest BCUT2D eigenvalue weighted by Gasteiger charge is 2.52. The maximum Gasteiger partial charge on any atom is 0.416 e. The van der Waals surface area contributed by atoms with Gasteiger partial charge in [-0.25, -0.2) is 12.8 Å². The molecule has 6 rings (SSSR count). The number of H-pyrrole nitrogens is 1. The minimum atomic E-state index is -4.51. The van der Waals surface area contributed by atoms with Gasteiger partial charge < -0.3 is 20.9 Å². The Morgan fingerprint density at radius 1 is 1.05 bits per heavy atom. The largest absolute Gasteiger partial charge is 0.416 e. The van der Waals surface area contributed by atoms with Gasteiger partial charge in [-0.05, 0) is 107 Å². The molecule has 3 unspecified atom stereocenters. The Hall–Kier alpha value is -4.99. The first-order chi connectivity index (χ1) is 28.4. The fourth-order valence-corrected chi connectivity index (χ4v) is 7.25. The summed E-state index contributed by atoms with van der Waals surface area (Å²) in [6.45, 7) is 16.1. The molecule has 5 N–H and O–H groups in total. The van der Waals surface area contributed by atoms with Gasteiger partial charge in [0.05, 0.1) is 10.3 Å². The lowest BCUT2D eigenvalue weighted by Gasteiger charge is -2.21. The number of likely N-dealkylation sites (tertiary alicyclic amines) is 1. The van der Waals surface area contributed by atoms with Crippen molar-refractivity contribution in [2.75, 3.05) is 18.9 Å². The summed E-state index contributed by atoms with van der Waals surface area (Å²) in [4.78, 5) is 47.8. The third kappa shape index (κ3) is 18.1. The normalized spacial score (nSPS) is 17.9. The minimum Gasteiger partial charge on any atom is -0.388 e. The number of hydrogen-bond acceptors (Lipinski definition) is 7. The Morgan fingerprint density at radius 2 is 1.68 bits per heavy atom. The van der Waals surface area contributed by atoms with Gasteiger partial charge in [0.15, 0.2) is 0 Å². The molecule has 3 aliphatic rings. The number of anilines is 1. The molecule has 1 saturated heterocycles. The zero-order valence-electron chi connectivity index (χ0n) is 35.5. The summed E-state index contributed by atoms with van der Waals surface area (Å²) in [7, 11) is -2.03. The van der Waals surface area contributed by atoms with E-state index >= 15 is 0 Å². The van der Waals surface area contributed by atoms with Gasteiger partial charge >= 0.3 is 6.18 Å². The number of sulfonamides is 1. The van der Waals surface area contributed by atoms with Crippen LogP contribution in [0, 0.1) is 17.7 Å². The second-order valence-electron chi connectivity index (χ2n) is 14.5. The summed E-state index contributed by atoms with van der Waals surface area (Å²) in [5.41, 5.74) is 3.26. The number of rotatable bonds is 12. The van der Waals surface area contributed by atoms with Gasteiger partial charge in [0.2, 0.25) is 28.2 Å². The van der Waals surface area contributed by atoms with Gasteiger partial charge in [0, 0.05) is 49.2 Å². The van der Waals surface area contributed by atoms with Gasteiger partial charge in [0.25, 0.3) is 5.56 Å². The highest BCUT2D eigenvalue weighted by atomic mass is 32.2. The lowest BCUT2D eigenvalue weighted by Crippen LogP contribution is -2.39. The highest BCUT2D eigenvalue weighted by molar-refractivity contribution is 7.91. The van der Waals surface area contributed by atoms with E-state index < -0.39 is 32.3 Å². The van der Waals surface area contributed by atoms with Crippen LogP contribution in [-0.4, -0.2) is 60.9 Å². The number of hydrogen-bond donors (Lipinski definition) is 4. The molecule has 2 aromatic carbocycles. The first kappa shape index (κ1) is 53.0. The summed E-state index contributed by atoms with van der Waals surface area (Å²) >= 11 is 0. The van der Waals surface area contributed by atoms with E-state index in [1.807, 2.05) is 50.3 Å². The van der Waals surface area contributed by atoms with Crippen molar-refractivity contribution >= 4 is 44.7 Å². The highest BCUT2D eigenvalue weighted by Crippen LogP contribution is 2.44. The number of primary amides is 1. The number of nitrogens with two attached hydrogens (primary N) is 1. The standard InChI is InChI=1S/C14H25NO.C10H15NO3S.C9H7NO.C8H7F4N.C2H6.CH3NO/c1-3-4-5-6-7-8-11-14(16)15-12-9-10-13(15)2;1-3-7-6-8(7)9(12)11-15(13,14)10(2)4-5-10;11-9-8-4-2-1-3-7(8)5-6-10-9;1-13-7-3-5(8(10,11)12)2-6(9)4-7;1-2;2-1-3/h3,13H,1,4-12H2,2H3;3,7-8H,1,4-6H2,2H3,(H,11,12);1-6H,(H,10,11);2-4,13H,1H3;1-2H3;1H,(H2,2,3). The van der Waals surface area contributed by atoms with E-state index in [9.17, 15) is 40.4 Å². The van der Waals surface area contributed by atoms with E-state index in [2.05, 4.69) is 45.7 Å². The monoisotopic (exact) mass is 865 g/mol. The number of halogens is 4. The van der Waals surface area contributed by atoms with Gasteiger partial charge in [-0.1, -0.05) is 57.0 Å². The topological polar surface area (TPSA) is 172 Å². The number of pyridine rings is 1. The van der Waals surface area contributed by atoms with E-state index in [1.165, 1.54) is 39.2 Å². The van der Waals surface area contributed by atoms with E-state index in [0.29, 0.717) is 30.9 Å². The maximum atomic E-state index is 12.6. The average molecular weight is 866 g/mol. The van der Waals surface area contributed by atoms with Crippen LogP contribution in [0.15, 0.2) is 84.8 Å². The van der Waals surface area contributed by atoms with Crippen molar-refractivity contribution in [3.63, 3.8) is 0 Å². The molecule has 16 heteroatoms. The van der Waals surface area contributed by atoms with Crippen molar-refractivity contribution in [1.82, 2.24) is 14.6 Å². The van der Waals surface area contributed by atoms with E-state index in [0.717, 1.165) is 55.1 Å². The molecule has 11 nitrogen and oxygen atoms in total. The second-order valence-corrected chi connectivity index (χ2v) is 16.7. The Morgan fingerprint density at radius 3 is 2.20 bits per heavy atom. The Labute approximate surface area is 352 Å². The molecule has 2 aliphatic carbocycles. The van der Waals surface area contributed by atoms with E-state index in [1.54, 1.807) is 19.2 Å². The maximum absolute atomic E-state index is 12.6. The molecular formula is C44H63F4N5O6S. The van der Waals surface area contributed by atoms with E-state index in [-0.39, 0.29) is 35.4 Å². The number of benzene rings is 2. The number of alkyl halides is 3. The molecule has 2 saturated carbocycles. The van der Waals surface area contributed by atoms with Crippen LogP contribution in [-0.2, 0) is 30.6 Å². The fraction of sp³-hybridized carbons (Fsp3) is 0.500. The van der Waals surface area contributed by atoms with Gasteiger partial charge in [-0.3, -0.25) is 23.9 Å². The van der Waals surface area contributed by atoms with Crippen LogP contribution in [0.4, 0.5) is 23.2 Å². The third-order valence-electron chi connectivity index (χ3n) is 9.94. The number of carbonyl (C=O) groups excluding carboxylic acids is 3. The summed E-state index contributed by atoms with van der Waals surface area (Å²) in [5.74, 6) is -0.923. The summed E-state index contributed by atoms with van der Waals surface area (Å²) < 4.78 is 73.7. The quantitative estimate of drug-likeness (QED) is 0.0610. The average Bonchev–Trinajstić information content (AvgIpc) is 4.14. The number of fused-ring (bicyclic) bond motifs is 1. The minimum absolute atomic E-state index is 0.0249. The zero-order valence-corrected chi connectivity index (χ0v) is 36.3. The number of aromatic amines is 1. The number of carbonyl (C=O) groups is 3. The first-order valence-corrected chi connectivity index (χ1v) is 21.7. The number of amides is 3. The number of nitrogens with zero attached hydrogens (tertiary/aromatic N) is 1. The van der Waals surface area contributed by atoms with Crippen molar-refractivity contribution in [2.24, 2.45) is 17.6 Å². The van der Waals surface area contributed by atoms with Crippen LogP contribution >= 0.6 is 0 Å². The van der Waals surface area contributed by atoms with Crippen LogP contribution in [0.1, 0.15) is 104 Å². The van der Waals surface area contributed by atoms with Crippen molar-refractivity contribution in [2.45, 2.75) is 115 Å². The van der Waals surface area contributed by atoms with E-state index in [4.69, 9.17) is 4.79 Å². The fourth-order valence-electron chi connectivity index (χ4n) is 5.95. The summed E-state index contributed by atoms with van der Waals surface area (Å²) in [6.07, 6.45) is 12.0. The predicted molar refractivity (Wildman–Crippen MR) is 232 cm³/mol. The number of unbranched alkanes of at least 4 members (excludes halogenated alkanes) is 4. The molecule has 334 valence electrons. The smallest absolute Gasteiger partial charge is 0.388 e. The lowest BCUT2D eigenvalue weighted by atomic mass is 10.1. The van der Waals surface area contributed by atoms with Crippen molar-refractivity contribution in [3.05, 3.63) is 102 Å². The van der Waals surface area contributed by atoms with Crippen LogP contribution in [0.2, 0.25) is 0 Å². The summed E-state index contributed by atoms with van der Waals surface area (Å²) in [6, 6.07) is 12.2. The van der Waals surface area contributed by atoms with Gasteiger partial charge in [-0.15, -0.1) is 13.2 Å². The number of allylic oxidation sites excluding steroid dienone is 2. The number of aromatic nitrogens is 1. The molecular weight excluding hydrogens is 803 g/mol. The molecule has 3 amide bonds. The second kappa shape index (κ2) is 26.3. The SMILES string of the molecule is C=CC1CC1C(=O)NS(=O)(=O)C1(C)CC1.C=CCCCCCCC(=O)N1CCCC1C.CC.CNc1cc(F)cc(C(F)(F)F)c1.NC=O.O=c1[nH]ccc2ccccc12. The zero-order chi connectivity index (χ0) is 45.5. The van der Waals surface area contributed by atoms with Gasteiger partial charge in [-0.2, -0.15) is 13.2 Å².